The molecule has 0 fully saturated rings. The second-order valence-electron chi connectivity index (χ2n) is 5.75. The molecule has 0 aliphatic rings. The smallest absolute Gasteiger partial charge is 0.0443 e. The number of rotatable bonds is 11. The third kappa shape index (κ3) is 10.5. The molecule has 0 heteroatoms. The molecular formula is C16H34. The lowest BCUT2D eigenvalue weighted by Gasteiger charge is -2.13. The van der Waals surface area contributed by atoms with Crippen LogP contribution in [0.15, 0.2) is 0 Å². The molecule has 0 nitrogen and oxygen atoms in total. The fraction of sp³-hybridized carbons (Fsp3) is 1.00. The topological polar surface area (TPSA) is 0 Å². The zero-order valence-electron chi connectivity index (χ0n) is 12.2. The Kier molecular flexibility index (Phi) is 11.5. The second kappa shape index (κ2) is 11.5. The van der Waals surface area contributed by atoms with Crippen LogP contribution in [0.5, 0.6) is 0 Å². The maximum Gasteiger partial charge on any atom is -0.0443 e. The first kappa shape index (κ1) is 16.0. The van der Waals surface area contributed by atoms with Crippen LogP contribution >= 0.6 is 0 Å². The molecule has 0 spiro atoms. The zero-order chi connectivity index (χ0) is 12.2. The van der Waals surface area contributed by atoms with Gasteiger partial charge in [0.15, 0.2) is 0 Å². The van der Waals surface area contributed by atoms with Gasteiger partial charge < -0.3 is 0 Å². The minimum atomic E-state index is 0.941. The monoisotopic (exact) mass is 226 g/mol. The molecule has 98 valence electrons. The predicted octanol–water partition coefficient (Wildman–Crippen LogP) is 6.20. The third-order valence-electron chi connectivity index (χ3n) is 3.89. The van der Waals surface area contributed by atoms with Gasteiger partial charge in [-0.15, -0.1) is 0 Å². The number of unbranched alkanes of at least 4 members (excludes halogenated alkanes) is 4. The number of hydrogen-bond donors (Lipinski definition) is 0. The van der Waals surface area contributed by atoms with Crippen molar-refractivity contribution < 1.29 is 0 Å². The first-order valence-corrected chi connectivity index (χ1v) is 7.70. The summed E-state index contributed by atoms with van der Waals surface area (Å²) in [4.78, 5) is 0. The van der Waals surface area contributed by atoms with Crippen LogP contribution in [0.4, 0.5) is 0 Å². The van der Waals surface area contributed by atoms with Crippen molar-refractivity contribution in [1.82, 2.24) is 0 Å². The highest BCUT2D eigenvalue weighted by atomic mass is 14.1. The first-order chi connectivity index (χ1) is 7.70. The van der Waals surface area contributed by atoms with Crippen LogP contribution in [-0.4, -0.2) is 0 Å². The molecular weight excluding hydrogens is 192 g/mol. The summed E-state index contributed by atoms with van der Waals surface area (Å²) in [7, 11) is 0. The molecule has 0 heterocycles. The normalized spacial score (nSPS) is 15.0. The van der Waals surface area contributed by atoms with E-state index in [2.05, 4.69) is 27.7 Å². The summed E-state index contributed by atoms with van der Waals surface area (Å²) in [6, 6.07) is 0. The molecule has 0 N–H and O–H groups in total. The standard InChI is InChI=1S/C16H34/c1-5-7-8-9-10-12-16(4)14-11-13-15(3)6-2/h15-16H,5-14H2,1-4H3. The van der Waals surface area contributed by atoms with Crippen molar-refractivity contribution in [3.63, 3.8) is 0 Å². The Morgan fingerprint density at radius 2 is 1.19 bits per heavy atom. The Balaban J connectivity index is 3.21. The van der Waals surface area contributed by atoms with Crippen molar-refractivity contribution in [1.29, 1.82) is 0 Å². The molecule has 0 bridgehead atoms. The largest absolute Gasteiger partial charge is 0.0654 e. The maximum absolute atomic E-state index is 2.44. The Morgan fingerprint density at radius 3 is 1.81 bits per heavy atom. The predicted molar refractivity (Wildman–Crippen MR) is 75.8 cm³/mol. The molecule has 16 heavy (non-hydrogen) atoms. The van der Waals surface area contributed by atoms with Crippen LogP contribution in [0.2, 0.25) is 0 Å². The molecule has 0 saturated carbocycles. The van der Waals surface area contributed by atoms with E-state index in [0.717, 1.165) is 11.8 Å². The van der Waals surface area contributed by atoms with Gasteiger partial charge in [0.05, 0.1) is 0 Å². The number of hydrogen-bond acceptors (Lipinski definition) is 0. The Hall–Kier alpha value is 0. The lowest BCUT2D eigenvalue weighted by Crippen LogP contribution is -1.98. The van der Waals surface area contributed by atoms with Gasteiger partial charge in [-0.3, -0.25) is 0 Å². The van der Waals surface area contributed by atoms with E-state index in [1.807, 2.05) is 0 Å². The van der Waals surface area contributed by atoms with Gasteiger partial charge >= 0.3 is 0 Å². The van der Waals surface area contributed by atoms with E-state index in [1.54, 1.807) is 0 Å². The Bertz CT molecular complexity index is 128. The van der Waals surface area contributed by atoms with Crippen LogP contribution in [0, 0.1) is 11.8 Å². The Morgan fingerprint density at radius 1 is 0.625 bits per heavy atom. The van der Waals surface area contributed by atoms with E-state index >= 15 is 0 Å². The van der Waals surface area contributed by atoms with E-state index in [1.165, 1.54) is 64.2 Å². The van der Waals surface area contributed by atoms with Gasteiger partial charge in [-0.25, -0.2) is 0 Å². The minimum absolute atomic E-state index is 0.941. The lowest BCUT2D eigenvalue weighted by molar-refractivity contribution is 0.405. The van der Waals surface area contributed by atoms with Crippen molar-refractivity contribution in [3.8, 4) is 0 Å². The van der Waals surface area contributed by atoms with Gasteiger partial charge in [-0.1, -0.05) is 91.9 Å². The quantitative estimate of drug-likeness (QED) is 0.368. The van der Waals surface area contributed by atoms with E-state index in [4.69, 9.17) is 0 Å². The summed E-state index contributed by atoms with van der Waals surface area (Å²) in [6.45, 7) is 9.42. The van der Waals surface area contributed by atoms with Gasteiger partial charge in [-0.05, 0) is 11.8 Å². The molecule has 0 aromatic rings. The fourth-order valence-electron chi connectivity index (χ4n) is 2.26. The highest BCUT2D eigenvalue weighted by Crippen LogP contribution is 2.19. The van der Waals surface area contributed by atoms with E-state index in [0.29, 0.717) is 0 Å². The molecule has 0 rings (SSSR count). The molecule has 0 aliphatic carbocycles. The van der Waals surface area contributed by atoms with Crippen molar-refractivity contribution in [2.75, 3.05) is 0 Å². The van der Waals surface area contributed by atoms with E-state index in [9.17, 15) is 0 Å². The van der Waals surface area contributed by atoms with Gasteiger partial charge in [0, 0.05) is 0 Å². The highest BCUT2D eigenvalue weighted by Gasteiger charge is 2.04. The minimum Gasteiger partial charge on any atom is -0.0654 e. The fourth-order valence-corrected chi connectivity index (χ4v) is 2.26. The van der Waals surface area contributed by atoms with Crippen LogP contribution < -0.4 is 0 Å². The van der Waals surface area contributed by atoms with Crippen molar-refractivity contribution in [2.24, 2.45) is 11.8 Å². The van der Waals surface area contributed by atoms with Gasteiger partial charge in [0.25, 0.3) is 0 Å². The molecule has 0 aromatic heterocycles. The summed E-state index contributed by atoms with van der Waals surface area (Å²) >= 11 is 0. The first-order valence-electron chi connectivity index (χ1n) is 7.70. The van der Waals surface area contributed by atoms with Crippen LogP contribution in [0.1, 0.15) is 91.9 Å². The molecule has 2 atom stereocenters. The van der Waals surface area contributed by atoms with Crippen LogP contribution in [0.25, 0.3) is 0 Å². The summed E-state index contributed by atoms with van der Waals surface area (Å²) in [5.74, 6) is 1.91. The third-order valence-corrected chi connectivity index (χ3v) is 3.89. The van der Waals surface area contributed by atoms with Crippen molar-refractivity contribution in [2.45, 2.75) is 91.9 Å². The highest BCUT2D eigenvalue weighted by molar-refractivity contribution is 4.57. The van der Waals surface area contributed by atoms with Gasteiger partial charge in [0.1, 0.15) is 0 Å². The maximum atomic E-state index is 2.44. The van der Waals surface area contributed by atoms with Crippen molar-refractivity contribution >= 4 is 0 Å². The van der Waals surface area contributed by atoms with Crippen LogP contribution in [-0.2, 0) is 0 Å². The van der Waals surface area contributed by atoms with E-state index < -0.39 is 0 Å². The summed E-state index contributed by atoms with van der Waals surface area (Å²) in [5, 5.41) is 0. The SMILES string of the molecule is CCCCCCCC(C)CCCC(C)CC. The van der Waals surface area contributed by atoms with Gasteiger partial charge in [-0.2, -0.15) is 0 Å². The molecule has 2 unspecified atom stereocenters. The molecule has 0 saturated heterocycles. The van der Waals surface area contributed by atoms with Crippen molar-refractivity contribution in [3.05, 3.63) is 0 Å². The average Bonchev–Trinajstić information content (AvgIpc) is 2.28. The lowest BCUT2D eigenvalue weighted by atomic mass is 9.94. The second-order valence-corrected chi connectivity index (χ2v) is 5.75. The zero-order valence-corrected chi connectivity index (χ0v) is 12.2. The molecule has 0 aromatic carbocycles. The van der Waals surface area contributed by atoms with E-state index in [-0.39, 0.29) is 0 Å². The Labute approximate surface area is 104 Å². The average molecular weight is 226 g/mol. The summed E-state index contributed by atoms with van der Waals surface area (Å²) in [6.07, 6.45) is 14.3. The summed E-state index contributed by atoms with van der Waals surface area (Å²) < 4.78 is 0. The molecule has 0 radical (unpaired) electrons. The molecule has 0 amide bonds. The molecule has 0 aliphatic heterocycles. The van der Waals surface area contributed by atoms with Gasteiger partial charge in [0.2, 0.25) is 0 Å². The van der Waals surface area contributed by atoms with Crippen LogP contribution in [0.3, 0.4) is 0 Å². The summed E-state index contributed by atoms with van der Waals surface area (Å²) in [5.41, 5.74) is 0.